The number of benzene rings is 11. The van der Waals surface area contributed by atoms with Crippen LogP contribution in [0, 0.1) is 0 Å². The van der Waals surface area contributed by atoms with Crippen molar-refractivity contribution in [3.8, 4) is 79.7 Å². The lowest BCUT2D eigenvalue weighted by molar-refractivity contribution is 0.769. The van der Waals surface area contributed by atoms with Crippen LogP contribution in [0.3, 0.4) is 0 Å². The topological polar surface area (TPSA) is 87.2 Å². The predicted octanol–water partition coefficient (Wildman–Crippen LogP) is 16.9. The highest BCUT2D eigenvalue weighted by molar-refractivity contribution is 6.26. The quantitative estimate of drug-likeness (QED) is 0.143. The van der Waals surface area contributed by atoms with Gasteiger partial charge in [-0.1, -0.05) is 249 Å². The lowest BCUT2D eigenvalue weighted by atomic mass is 9.66. The second-order valence-electron chi connectivity index (χ2n) is 20.5. The molecule has 0 bridgehead atoms. The van der Waals surface area contributed by atoms with Gasteiger partial charge in [-0.05, 0) is 63.7 Å². The van der Waals surface area contributed by atoms with Gasteiger partial charge in [-0.15, -0.1) is 0 Å². The molecule has 0 unspecified atom stereocenters. The van der Waals surface area contributed by atoms with Crippen molar-refractivity contribution in [2.45, 2.75) is 5.41 Å². The second-order valence-corrected chi connectivity index (χ2v) is 20.5. The summed E-state index contributed by atoms with van der Waals surface area (Å²) in [6.45, 7) is 0. The first-order valence-electron chi connectivity index (χ1n) is 27.3. The molecule has 8 heteroatoms. The standard InChI is InChI=1S/C73H46N8/c1-6-25-47(26-7-1)67-75-70(77-71(76-67)58-40-24-39-54-52-35-16-20-41-59(52)73(65(54)58,50-31-12-4-13-32-50)51-33-14-5-15-34-51)57-38-19-23-44-62(57)80-60-42-21-17-36-53(60)55-45-46-63-64(66(55)80)56-37-18-22-43-61(56)81(63)72-78-68(48-27-8-2-9-28-48)74-69(79-72)49-29-10-3-11-30-49/h1-46H. The lowest BCUT2D eigenvalue weighted by Gasteiger charge is -2.35. The molecule has 1 aliphatic rings. The van der Waals surface area contributed by atoms with Gasteiger partial charge in [0.2, 0.25) is 5.95 Å². The van der Waals surface area contributed by atoms with Gasteiger partial charge in [0.1, 0.15) is 0 Å². The van der Waals surface area contributed by atoms with Crippen LogP contribution in [-0.4, -0.2) is 39.0 Å². The monoisotopic (exact) mass is 1030 g/mol. The Bertz CT molecular complexity index is 4820. The van der Waals surface area contributed by atoms with E-state index in [9.17, 15) is 0 Å². The number of para-hydroxylation sites is 3. The summed E-state index contributed by atoms with van der Waals surface area (Å²) in [7, 11) is 0. The summed E-state index contributed by atoms with van der Waals surface area (Å²) in [5.74, 6) is 3.44. The molecule has 15 aromatic rings. The largest absolute Gasteiger partial charge is 0.308 e. The zero-order chi connectivity index (χ0) is 53.4. The molecule has 0 spiro atoms. The first-order chi connectivity index (χ1) is 40.2. The Balaban J connectivity index is 0.966. The summed E-state index contributed by atoms with van der Waals surface area (Å²) in [5.41, 5.74) is 15.8. The molecule has 0 amide bonds. The molecule has 0 saturated carbocycles. The third-order valence-corrected chi connectivity index (χ3v) is 16.1. The summed E-state index contributed by atoms with van der Waals surface area (Å²) in [4.78, 5) is 32.3. The van der Waals surface area contributed by atoms with Gasteiger partial charge in [-0.3, -0.25) is 4.57 Å². The molecule has 378 valence electrons. The second kappa shape index (κ2) is 18.6. The van der Waals surface area contributed by atoms with Crippen LogP contribution in [0.2, 0.25) is 0 Å². The van der Waals surface area contributed by atoms with E-state index in [0.29, 0.717) is 35.1 Å². The highest BCUT2D eigenvalue weighted by Crippen LogP contribution is 2.58. The van der Waals surface area contributed by atoms with E-state index in [1.807, 2.05) is 78.9 Å². The minimum atomic E-state index is -0.691. The molecule has 8 nitrogen and oxygen atoms in total. The Labute approximate surface area is 466 Å². The molecule has 0 aliphatic heterocycles. The van der Waals surface area contributed by atoms with E-state index in [4.69, 9.17) is 29.9 Å². The Morgan fingerprint density at radius 2 is 0.716 bits per heavy atom. The van der Waals surface area contributed by atoms with Gasteiger partial charge in [-0.2, -0.15) is 9.97 Å². The molecule has 4 aromatic heterocycles. The average molecular weight is 1040 g/mol. The third kappa shape index (κ3) is 7.17. The van der Waals surface area contributed by atoms with E-state index >= 15 is 0 Å². The summed E-state index contributed by atoms with van der Waals surface area (Å²) < 4.78 is 4.61. The zero-order valence-electron chi connectivity index (χ0n) is 43.6. The smallest absolute Gasteiger partial charge is 0.238 e. The van der Waals surface area contributed by atoms with Crippen molar-refractivity contribution in [1.82, 2.24) is 39.0 Å². The molecular formula is C73H46N8. The van der Waals surface area contributed by atoms with Crippen molar-refractivity contribution >= 4 is 43.6 Å². The van der Waals surface area contributed by atoms with Gasteiger partial charge in [0.05, 0.1) is 33.2 Å². The molecule has 0 atom stereocenters. The van der Waals surface area contributed by atoms with E-state index < -0.39 is 5.41 Å². The minimum absolute atomic E-state index is 0.529. The molecule has 81 heavy (non-hydrogen) atoms. The summed E-state index contributed by atoms with van der Waals surface area (Å²) in [6.07, 6.45) is 0. The SMILES string of the molecule is c1ccc(-c2nc(-c3ccccc3-n3c4ccccc4c4ccc5c(c6ccccc6n5-c5nc(-c6ccccc6)nc(-c6ccccc6)n5)c43)nc(-c3cccc4c3C(c3ccccc3)(c3ccccc3)c3ccccc3-4)n2)cc1. The average Bonchev–Trinajstić information content (AvgIpc) is 4.39. The van der Waals surface area contributed by atoms with Crippen molar-refractivity contribution in [2.75, 3.05) is 0 Å². The van der Waals surface area contributed by atoms with Crippen LogP contribution < -0.4 is 0 Å². The van der Waals surface area contributed by atoms with E-state index in [2.05, 4.69) is 209 Å². The van der Waals surface area contributed by atoms with E-state index in [0.717, 1.165) is 88.2 Å². The number of rotatable bonds is 9. The molecular weight excluding hydrogens is 989 g/mol. The Kier molecular flexibility index (Phi) is 10.6. The van der Waals surface area contributed by atoms with Gasteiger partial charge in [0.15, 0.2) is 29.1 Å². The number of aromatic nitrogens is 8. The van der Waals surface area contributed by atoms with Crippen molar-refractivity contribution in [2.24, 2.45) is 0 Å². The fourth-order valence-corrected chi connectivity index (χ4v) is 12.8. The van der Waals surface area contributed by atoms with Crippen LogP contribution in [0.1, 0.15) is 22.3 Å². The van der Waals surface area contributed by atoms with Crippen LogP contribution in [0.25, 0.3) is 123 Å². The van der Waals surface area contributed by atoms with Crippen LogP contribution >= 0.6 is 0 Å². The molecule has 1 aliphatic carbocycles. The third-order valence-electron chi connectivity index (χ3n) is 16.1. The fraction of sp³-hybridized carbons (Fsp3) is 0.0137. The van der Waals surface area contributed by atoms with Crippen molar-refractivity contribution < 1.29 is 0 Å². The van der Waals surface area contributed by atoms with Crippen molar-refractivity contribution in [3.05, 3.63) is 301 Å². The number of hydrogen-bond acceptors (Lipinski definition) is 6. The summed E-state index contributed by atoms with van der Waals surface area (Å²) in [5, 5.41) is 4.37. The number of nitrogens with zero attached hydrogens (tertiary/aromatic N) is 8. The minimum Gasteiger partial charge on any atom is -0.308 e. The van der Waals surface area contributed by atoms with Crippen LogP contribution in [-0.2, 0) is 5.41 Å². The maximum absolute atomic E-state index is 5.68. The Morgan fingerprint density at radius 3 is 1.35 bits per heavy atom. The fourth-order valence-electron chi connectivity index (χ4n) is 12.8. The van der Waals surface area contributed by atoms with Crippen LogP contribution in [0.5, 0.6) is 0 Å². The van der Waals surface area contributed by atoms with Gasteiger partial charge < -0.3 is 4.57 Å². The van der Waals surface area contributed by atoms with E-state index in [-0.39, 0.29) is 0 Å². The predicted molar refractivity (Wildman–Crippen MR) is 326 cm³/mol. The normalized spacial score (nSPS) is 12.5. The van der Waals surface area contributed by atoms with Gasteiger partial charge in [0.25, 0.3) is 0 Å². The van der Waals surface area contributed by atoms with Crippen molar-refractivity contribution in [1.29, 1.82) is 0 Å². The molecule has 16 rings (SSSR count). The maximum Gasteiger partial charge on any atom is 0.238 e. The van der Waals surface area contributed by atoms with Gasteiger partial charge in [-0.25, -0.2) is 19.9 Å². The first kappa shape index (κ1) is 46.2. The van der Waals surface area contributed by atoms with Gasteiger partial charge in [0, 0.05) is 49.4 Å². The van der Waals surface area contributed by atoms with Gasteiger partial charge >= 0.3 is 0 Å². The van der Waals surface area contributed by atoms with Crippen molar-refractivity contribution in [3.63, 3.8) is 0 Å². The molecule has 11 aromatic carbocycles. The summed E-state index contributed by atoms with van der Waals surface area (Å²) in [6, 6.07) is 98.1. The van der Waals surface area contributed by atoms with Crippen LogP contribution in [0.15, 0.2) is 279 Å². The number of hydrogen-bond donors (Lipinski definition) is 0. The Hall–Kier alpha value is -11.0. The molecule has 4 heterocycles. The highest BCUT2D eigenvalue weighted by atomic mass is 15.2. The van der Waals surface area contributed by atoms with Crippen LogP contribution in [0.4, 0.5) is 0 Å². The Morgan fingerprint density at radius 1 is 0.272 bits per heavy atom. The van der Waals surface area contributed by atoms with E-state index in [1.54, 1.807) is 0 Å². The van der Waals surface area contributed by atoms with E-state index in [1.165, 1.54) is 22.3 Å². The highest BCUT2D eigenvalue weighted by Gasteiger charge is 2.48. The first-order valence-corrected chi connectivity index (χ1v) is 27.3. The maximum atomic E-state index is 5.68. The molecule has 0 saturated heterocycles. The zero-order valence-corrected chi connectivity index (χ0v) is 43.6. The molecule has 0 N–H and O–H groups in total. The number of fused-ring (bicyclic) bond motifs is 10. The molecule has 0 fully saturated rings. The summed E-state index contributed by atoms with van der Waals surface area (Å²) >= 11 is 0. The molecule has 0 radical (unpaired) electrons. The lowest BCUT2D eigenvalue weighted by Crippen LogP contribution is -2.29.